The molecule has 4 heterocycles. The van der Waals surface area contributed by atoms with Crippen LogP contribution in [0.4, 0.5) is 0 Å². The van der Waals surface area contributed by atoms with Crippen LogP contribution in [0.15, 0.2) is 53.8 Å². The number of aryl methyl sites for hydroxylation is 3. The zero-order valence-electron chi connectivity index (χ0n) is 20.1. The van der Waals surface area contributed by atoms with E-state index in [1.54, 1.807) is 39.5 Å². The average Bonchev–Trinajstić information content (AvgIpc) is 3.32. The number of aliphatic hydroxyl groups is 1. The molecule has 8 nitrogen and oxygen atoms in total. The number of imidazole rings is 1. The maximum Gasteiger partial charge on any atom is 0.333 e. The third-order valence-electron chi connectivity index (χ3n) is 6.89. The standard InChI is InChI=1S/C26H28N6O2/c1-6-26(34,7-2)19-10-18(12-27-13-19)17-8-9-21-20(11-17)24-22(14-28-21)31(5)25(33)32(24)23-15-30(4)29-16(23)3/h8-15,34H,6-7H2,1-5H3. The maximum atomic E-state index is 13.3. The minimum atomic E-state index is -0.910. The molecule has 0 aliphatic carbocycles. The van der Waals surface area contributed by atoms with Gasteiger partial charge in [-0.3, -0.25) is 23.8 Å². The molecule has 1 N–H and O–H groups in total. The van der Waals surface area contributed by atoms with Crippen molar-refractivity contribution >= 4 is 21.9 Å². The SMILES string of the molecule is CCC(O)(CC)c1cncc(-c2ccc3ncc4c(c3c2)n(-c2cn(C)nc2C)c(=O)n4C)c1. The van der Waals surface area contributed by atoms with Crippen molar-refractivity contribution < 1.29 is 5.11 Å². The molecule has 0 fully saturated rings. The van der Waals surface area contributed by atoms with Crippen molar-refractivity contribution in [1.82, 2.24) is 28.9 Å². The number of aromatic nitrogens is 6. The van der Waals surface area contributed by atoms with Crippen LogP contribution >= 0.6 is 0 Å². The quantitative estimate of drug-likeness (QED) is 0.432. The van der Waals surface area contributed by atoms with E-state index in [0.29, 0.717) is 12.8 Å². The van der Waals surface area contributed by atoms with Gasteiger partial charge in [0.05, 0.1) is 39.7 Å². The summed E-state index contributed by atoms with van der Waals surface area (Å²) in [7, 11) is 3.60. The molecule has 5 aromatic rings. The van der Waals surface area contributed by atoms with Crippen molar-refractivity contribution in [2.75, 3.05) is 0 Å². The van der Waals surface area contributed by atoms with Gasteiger partial charge in [0.25, 0.3) is 0 Å². The first-order valence-corrected chi connectivity index (χ1v) is 11.5. The fraction of sp³-hybridized carbons (Fsp3) is 0.308. The first-order valence-electron chi connectivity index (χ1n) is 11.5. The predicted octanol–water partition coefficient (Wildman–Crippen LogP) is 3.99. The summed E-state index contributed by atoms with van der Waals surface area (Å²) in [6, 6.07) is 8.00. The molecule has 0 saturated carbocycles. The second-order valence-corrected chi connectivity index (χ2v) is 8.88. The molecule has 0 radical (unpaired) electrons. The van der Waals surface area contributed by atoms with Crippen LogP contribution in [0.5, 0.6) is 0 Å². The van der Waals surface area contributed by atoms with Crippen LogP contribution in [0.1, 0.15) is 37.9 Å². The smallest absolute Gasteiger partial charge is 0.333 e. The van der Waals surface area contributed by atoms with E-state index >= 15 is 0 Å². The third kappa shape index (κ3) is 3.25. The molecule has 0 saturated heterocycles. The van der Waals surface area contributed by atoms with Crippen molar-refractivity contribution in [1.29, 1.82) is 0 Å². The van der Waals surface area contributed by atoms with Gasteiger partial charge in [0.1, 0.15) is 0 Å². The van der Waals surface area contributed by atoms with E-state index in [1.165, 1.54) is 0 Å². The van der Waals surface area contributed by atoms with Crippen LogP contribution in [0, 0.1) is 6.92 Å². The minimum Gasteiger partial charge on any atom is -0.385 e. The molecule has 174 valence electrons. The molecule has 5 rings (SSSR count). The molecule has 0 bridgehead atoms. The second-order valence-electron chi connectivity index (χ2n) is 8.88. The molecule has 4 aromatic heterocycles. The number of fused-ring (bicyclic) bond motifs is 3. The lowest BCUT2D eigenvalue weighted by Gasteiger charge is -2.25. The Kier molecular flexibility index (Phi) is 5.13. The number of pyridine rings is 2. The van der Waals surface area contributed by atoms with E-state index in [2.05, 4.69) is 15.1 Å². The number of nitrogens with zero attached hydrogens (tertiary/aromatic N) is 6. The van der Waals surface area contributed by atoms with Gasteiger partial charge in [-0.05, 0) is 43.5 Å². The highest BCUT2D eigenvalue weighted by Gasteiger charge is 2.25. The first-order chi connectivity index (χ1) is 16.3. The van der Waals surface area contributed by atoms with Crippen molar-refractivity contribution in [2.45, 2.75) is 39.2 Å². The van der Waals surface area contributed by atoms with Crippen molar-refractivity contribution in [3.05, 3.63) is 70.8 Å². The van der Waals surface area contributed by atoms with Crippen molar-refractivity contribution in [3.8, 4) is 16.8 Å². The minimum absolute atomic E-state index is 0.148. The topological polar surface area (TPSA) is 90.8 Å². The summed E-state index contributed by atoms with van der Waals surface area (Å²) < 4.78 is 5.04. The Hall–Kier alpha value is -3.78. The van der Waals surface area contributed by atoms with Crippen LogP contribution in [0.3, 0.4) is 0 Å². The second kappa shape index (κ2) is 7.92. The van der Waals surface area contributed by atoms with Gasteiger partial charge in [-0.15, -0.1) is 0 Å². The summed E-state index contributed by atoms with van der Waals surface area (Å²) in [6.45, 7) is 5.85. The number of rotatable bonds is 5. The Morgan fingerprint density at radius 1 is 1.03 bits per heavy atom. The van der Waals surface area contributed by atoms with Crippen LogP contribution < -0.4 is 5.69 Å². The van der Waals surface area contributed by atoms with Gasteiger partial charge in [0.15, 0.2) is 0 Å². The van der Waals surface area contributed by atoms with Gasteiger partial charge in [-0.25, -0.2) is 4.79 Å². The molecule has 34 heavy (non-hydrogen) atoms. The summed E-state index contributed by atoms with van der Waals surface area (Å²) in [5, 5.41) is 16.3. The molecule has 0 amide bonds. The van der Waals surface area contributed by atoms with Gasteiger partial charge in [0, 0.05) is 49.2 Å². The number of benzene rings is 1. The Bertz CT molecular complexity index is 1600. The van der Waals surface area contributed by atoms with Crippen LogP contribution in [0.25, 0.3) is 38.8 Å². The molecular weight excluding hydrogens is 428 g/mol. The van der Waals surface area contributed by atoms with E-state index in [0.717, 1.165) is 50.0 Å². The van der Waals surface area contributed by atoms with Crippen molar-refractivity contribution in [2.24, 2.45) is 14.1 Å². The Morgan fingerprint density at radius 3 is 2.47 bits per heavy atom. The molecule has 1 aromatic carbocycles. The molecule has 8 heteroatoms. The van der Waals surface area contributed by atoms with Gasteiger partial charge in [0.2, 0.25) is 0 Å². The van der Waals surface area contributed by atoms with Crippen LogP contribution in [-0.4, -0.2) is 34.0 Å². The van der Waals surface area contributed by atoms with Gasteiger partial charge >= 0.3 is 5.69 Å². The fourth-order valence-electron chi connectivity index (χ4n) is 4.72. The monoisotopic (exact) mass is 456 g/mol. The largest absolute Gasteiger partial charge is 0.385 e. The molecule has 0 spiro atoms. The van der Waals surface area contributed by atoms with E-state index in [-0.39, 0.29) is 5.69 Å². The highest BCUT2D eigenvalue weighted by molar-refractivity contribution is 6.04. The van der Waals surface area contributed by atoms with E-state index in [4.69, 9.17) is 0 Å². The lowest BCUT2D eigenvalue weighted by molar-refractivity contribution is 0.0281. The van der Waals surface area contributed by atoms with Gasteiger partial charge in [-0.2, -0.15) is 5.10 Å². The number of hydrogen-bond acceptors (Lipinski definition) is 5. The Labute approximate surface area is 197 Å². The van der Waals surface area contributed by atoms with E-state index < -0.39 is 5.60 Å². The maximum absolute atomic E-state index is 13.3. The third-order valence-corrected chi connectivity index (χ3v) is 6.89. The average molecular weight is 457 g/mol. The summed E-state index contributed by atoms with van der Waals surface area (Å²) in [4.78, 5) is 22.3. The summed E-state index contributed by atoms with van der Waals surface area (Å²) in [6.07, 6.45) is 8.35. The summed E-state index contributed by atoms with van der Waals surface area (Å²) in [5.74, 6) is 0. The summed E-state index contributed by atoms with van der Waals surface area (Å²) in [5.41, 5.74) is 5.43. The first kappa shape index (κ1) is 22.0. The Morgan fingerprint density at radius 2 is 1.79 bits per heavy atom. The molecule has 0 aliphatic rings. The van der Waals surface area contributed by atoms with Crippen LogP contribution in [-0.2, 0) is 19.7 Å². The van der Waals surface area contributed by atoms with Gasteiger partial charge < -0.3 is 5.11 Å². The zero-order chi connectivity index (χ0) is 24.2. The molecule has 0 unspecified atom stereocenters. The van der Waals surface area contributed by atoms with Crippen LogP contribution in [0.2, 0.25) is 0 Å². The summed E-state index contributed by atoms with van der Waals surface area (Å²) >= 11 is 0. The van der Waals surface area contributed by atoms with E-state index in [9.17, 15) is 9.90 Å². The van der Waals surface area contributed by atoms with Gasteiger partial charge in [-0.1, -0.05) is 19.9 Å². The lowest BCUT2D eigenvalue weighted by Crippen LogP contribution is -2.23. The highest BCUT2D eigenvalue weighted by atomic mass is 16.3. The molecular formula is C26H28N6O2. The predicted molar refractivity (Wildman–Crippen MR) is 133 cm³/mol. The fourth-order valence-corrected chi connectivity index (χ4v) is 4.72. The highest BCUT2D eigenvalue weighted by Crippen LogP contribution is 2.33. The molecule has 0 aliphatic heterocycles. The van der Waals surface area contributed by atoms with E-state index in [1.807, 2.05) is 58.3 Å². The Balaban J connectivity index is 1.79. The zero-order valence-corrected chi connectivity index (χ0v) is 20.1. The number of hydrogen-bond donors (Lipinski definition) is 1. The normalized spacial score (nSPS) is 12.2. The lowest BCUT2D eigenvalue weighted by atomic mass is 9.88. The van der Waals surface area contributed by atoms with Crippen molar-refractivity contribution in [3.63, 3.8) is 0 Å². The molecule has 0 atom stereocenters.